The molecule has 1 heterocycles. The van der Waals surface area contributed by atoms with Gasteiger partial charge >= 0.3 is 6.03 Å². The first kappa shape index (κ1) is 12.4. The molecule has 4 N–H and O–H groups in total. The molecule has 18 heavy (non-hydrogen) atoms. The van der Waals surface area contributed by atoms with Crippen LogP contribution >= 0.6 is 11.8 Å². The molecular formula is C11H11N3O3S. The van der Waals surface area contributed by atoms with Crippen LogP contribution in [0.1, 0.15) is 6.42 Å². The normalized spacial score (nSPS) is 17.6. The zero-order valence-electron chi connectivity index (χ0n) is 9.30. The maximum absolute atomic E-state index is 11.8. The quantitative estimate of drug-likeness (QED) is 0.732. The van der Waals surface area contributed by atoms with Crippen molar-refractivity contribution in [1.29, 1.82) is 0 Å². The van der Waals surface area contributed by atoms with Crippen LogP contribution in [-0.2, 0) is 9.59 Å². The summed E-state index contributed by atoms with van der Waals surface area (Å²) in [4.78, 5) is 34.5. The highest BCUT2D eigenvalue weighted by Gasteiger charge is 2.28. The van der Waals surface area contributed by atoms with Crippen molar-refractivity contribution in [3.63, 3.8) is 0 Å². The number of nitrogens with one attached hydrogen (secondary N) is 2. The lowest BCUT2D eigenvalue weighted by atomic mass is 10.2. The number of para-hydroxylation sites is 1. The molecular weight excluding hydrogens is 254 g/mol. The summed E-state index contributed by atoms with van der Waals surface area (Å²) in [5.41, 5.74) is 5.57. The van der Waals surface area contributed by atoms with E-state index in [1.54, 1.807) is 6.07 Å². The van der Waals surface area contributed by atoms with Crippen LogP contribution in [0.3, 0.4) is 0 Å². The molecule has 0 spiro atoms. The van der Waals surface area contributed by atoms with Gasteiger partial charge < -0.3 is 11.1 Å². The molecule has 94 valence electrons. The Bertz CT molecular complexity index is 518. The maximum atomic E-state index is 11.8. The summed E-state index contributed by atoms with van der Waals surface area (Å²) < 4.78 is 0. The average molecular weight is 265 g/mol. The van der Waals surface area contributed by atoms with Crippen LogP contribution in [0.5, 0.6) is 0 Å². The molecule has 4 amide bonds. The summed E-state index contributed by atoms with van der Waals surface area (Å²) in [5, 5.41) is 4.10. The Morgan fingerprint density at radius 2 is 2.11 bits per heavy atom. The van der Waals surface area contributed by atoms with E-state index in [1.165, 1.54) is 11.8 Å². The Morgan fingerprint density at radius 3 is 2.83 bits per heavy atom. The number of hydrogen-bond acceptors (Lipinski definition) is 4. The summed E-state index contributed by atoms with van der Waals surface area (Å²) in [6.07, 6.45) is -0.0895. The molecule has 0 aromatic heterocycles. The number of fused-ring (bicyclic) bond motifs is 1. The number of imide groups is 1. The number of anilines is 1. The molecule has 1 aliphatic heterocycles. The smallest absolute Gasteiger partial charge is 0.318 e. The second kappa shape index (κ2) is 5.09. The molecule has 0 saturated heterocycles. The second-order valence-electron chi connectivity index (χ2n) is 3.71. The number of carbonyl (C=O) groups is 3. The van der Waals surface area contributed by atoms with Crippen LogP contribution in [0.2, 0.25) is 0 Å². The van der Waals surface area contributed by atoms with E-state index < -0.39 is 17.2 Å². The van der Waals surface area contributed by atoms with Crippen molar-refractivity contribution in [2.45, 2.75) is 16.6 Å². The monoisotopic (exact) mass is 265 g/mol. The zero-order valence-corrected chi connectivity index (χ0v) is 10.1. The Kier molecular flexibility index (Phi) is 3.52. The SMILES string of the molecule is NC(=O)NC(=O)C[C@H]1Sc2ccccc2NC1=O. The lowest BCUT2D eigenvalue weighted by molar-refractivity contribution is -0.123. The summed E-state index contributed by atoms with van der Waals surface area (Å²) in [6.45, 7) is 0. The number of thioether (sulfide) groups is 1. The van der Waals surface area contributed by atoms with E-state index in [0.29, 0.717) is 0 Å². The molecule has 6 nitrogen and oxygen atoms in total. The highest BCUT2D eigenvalue weighted by Crippen LogP contribution is 2.36. The number of urea groups is 1. The maximum Gasteiger partial charge on any atom is 0.318 e. The van der Waals surface area contributed by atoms with Gasteiger partial charge in [-0.15, -0.1) is 11.8 Å². The largest absolute Gasteiger partial charge is 0.351 e. The minimum atomic E-state index is -0.915. The van der Waals surface area contributed by atoms with E-state index in [0.717, 1.165) is 10.6 Å². The Labute approximate surface area is 107 Å². The van der Waals surface area contributed by atoms with Crippen molar-refractivity contribution in [1.82, 2.24) is 5.32 Å². The fraction of sp³-hybridized carbons (Fsp3) is 0.182. The number of nitrogens with two attached hydrogens (primary N) is 1. The third-order valence-electron chi connectivity index (χ3n) is 2.34. The second-order valence-corrected chi connectivity index (χ2v) is 4.95. The van der Waals surface area contributed by atoms with E-state index in [1.807, 2.05) is 23.5 Å². The fourth-order valence-electron chi connectivity index (χ4n) is 1.58. The van der Waals surface area contributed by atoms with E-state index in [2.05, 4.69) is 5.32 Å². The van der Waals surface area contributed by atoms with Crippen molar-refractivity contribution in [2.75, 3.05) is 5.32 Å². The molecule has 1 aromatic carbocycles. The molecule has 7 heteroatoms. The Hall–Kier alpha value is -2.02. The van der Waals surface area contributed by atoms with Crippen LogP contribution in [-0.4, -0.2) is 23.1 Å². The van der Waals surface area contributed by atoms with Gasteiger partial charge in [0.1, 0.15) is 0 Å². The lowest BCUT2D eigenvalue weighted by Gasteiger charge is -2.23. The third-order valence-corrected chi connectivity index (χ3v) is 3.62. The summed E-state index contributed by atoms with van der Waals surface area (Å²) in [6, 6.07) is 6.41. The van der Waals surface area contributed by atoms with Gasteiger partial charge in [0.05, 0.1) is 10.9 Å². The number of benzene rings is 1. The topological polar surface area (TPSA) is 101 Å². The highest BCUT2D eigenvalue weighted by molar-refractivity contribution is 8.01. The van der Waals surface area contributed by atoms with Gasteiger partial charge in [0, 0.05) is 11.3 Å². The van der Waals surface area contributed by atoms with Crippen LogP contribution < -0.4 is 16.4 Å². The van der Waals surface area contributed by atoms with Crippen LogP contribution in [0.4, 0.5) is 10.5 Å². The van der Waals surface area contributed by atoms with Crippen molar-refractivity contribution >= 4 is 35.3 Å². The lowest BCUT2D eigenvalue weighted by Crippen LogP contribution is -2.39. The number of amides is 4. The molecule has 1 aliphatic rings. The molecule has 0 saturated carbocycles. The van der Waals surface area contributed by atoms with Gasteiger partial charge in [0.25, 0.3) is 0 Å². The van der Waals surface area contributed by atoms with Gasteiger partial charge in [0.15, 0.2) is 0 Å². The number of hydrogen-bond donors (Lipinski definition) is 3. The zero-order chi connectivity index (χ0) is 13.1. The minimum absolute atomic E-state index is 0.0895. The van der Waals surface area contributed by atoms with Gasteiger partial charge in [-0.1, -0.05) is 12.1 Å². The molecule has 2 rings (SSSR count). The van der Waals surface area contributed by atoms with Gasteiger partial charge in [-0.25, -0.2) is 4.79 Å². The van der Waals surface area contributed by atoms with E-state index in [9.17, 15) is 14.4 Å². The van der Waals surface area contributed by atoms with Crippen molar-refractivity contribution in [2.24, 2.45) is 5.73 Å². The van der Waals surface area contributed by atoms with Gasteiger partial charge in [-0.05, 0) is 12.1 Å². The molecule has 0 aliphatic carbocycles. The first-order valence-corrected chi connectivity index (χ1v) is 6.10. The first-order chi connectivity index (χ1) is 8.56. The van der Waals surface area contributed by atoms with Gasteiger partial charge in [0.2, 0.25) is 11.8 Å². The predicted molar refractivity (Wildman–Crippen MR) is 67.1 cm³/mol. The molecule has 0 radical (unpaired) electrons. The average Bonchev–Trinajstić information content (AvgIpc) is 2.29. The van der Waals surface area contributed by atoms with E-state index >= 15 is 0 Å². The molecule has 1 aromatic rings. The first-order valence-electron chi connectivity index (χ1n) is 5.22. The van der Waals surface area contributed by atoms with Gasteiger partial charge in [-0.2, -0.15) is 0 Å². The number of carbonyl (C=O) groups excluding carboxylic acids is 3. The molecule has 0 fully saturated rings. The number of rotatable bonds is 2. The minimum Gasteiger partial charge on any atom is -0.351 e. The highest BCUT2D eigenvalue weighted by atomic mass is 32.2. The van der Waals surface area contributed by atoms with E-state index in [4.69, 9.17) is 5.73 Å². The summed E-state index contributed by atoms with van der Waals surface area (Å²) in [5.74, 6) is -0.812. The molecule has 0 unspecified atom stereocenters. The van der Waals surface area contributed by atoms with Crippen LogP contribution in [0.25, 0.3) is 0 Å². The molecule has 1 atom stereocenters. The van der Waals surface area contributed by atoms with Crippen molar-refractivity contribution < 1.29 is 14.4 Å². The standard InChI is InChI=1S/C11H11N3O3S/c12-11(17)14-9(15)5-8-10(16)13-6-3-1-2-4-7(6)18-8/h1-4,8H,5H2,(H,13,16)(H3,12,14,15,17)/t8-/m1/s1. The van der Waals surface area contributed by atoms with Crippen molar-refractivity contribution in [3.05, 3.63) is 24.3 Å². The van der Waals surface area contributed by atoms with Crippen molar-refractivity contribution in [3.8, 4) is 0 Å². The van der Waals surface area contributed by atoms with Crippen LogP contribution in [0, 0.1) is 0 Å². The number of primary amides is 1. The fourth-order valence-corrected chi connectivity index (χ4v) is 2.69. The predicted octanol–water partition coefficient (Wildman–Crippen LogP) is 0.684. The third kappa shape index (κ3) is 2.80. The summed E-state index contributed by atoms with van der Waals surface area (Å²) >= 11 is 1.30. The Morgan fingerprint density at radius 1 is 1.39 bits per heavy atom. The van der Waals surface area contributed by atoms with E-state index in [-0.39, 0.29) is 12.3 Å². The molecule has 0 bridgehead atoms. The summed E-state index contributed by atoms with van der Waals surface area (Å²) in [7, 11) is 0. The Balaban J connectivity index is 2.06. The van der Waals surface area contributed by atoms with Crippen LogP contribution in [0.15, 0.2) is 29.2 Å². The van der Waals surface area contributed by atoms with Gasteiger partial charge in [-0.3, -0.25) is 14.9 Å².